The van der Waals surface area contributed by atoms with Crippen molar-refractivity contribution in [3.8, 4) is 0 Å². The summed E-state index contributed by atoms with van der Waals surface area (Å²) in [6.45, 7) is 1.99. The minimum Gasteiger partial charge on any atom is -0.383 e. The monoisotopic (exact) mass is 365 g/mol. The first-order valence-corrected chi connectivity index (χ1v) is 8.98. The van der Waals surface area contributed by atoms with Gasteiger partial charge in [-0.25, -0.2) is 9.97 Å². The Labute approximate surface area is 156 Å². The van der Waals surface area contributed by atoms with Crippen LogP contribution in [0.25, 0.3) is 0 Å². The topological polar surface area (TPSA) is 107 Å². The van der Waals surface area contributed by atoms with Gasteiger partial charge in [0.25, 0.3) is 5.91 Å². The van der Waals surface area contributed by atoms with E-state index in [1.807, 2.05) is 43.3 Å². The van der Waals surface area contributed by atoms with Crippen LogP contribution in [0.15, 0.2) is 59.8 Å². The van der Waals surface area contributed by atoms with Gasteiger partial charge in [0.2, 0.25) is 0 Å². The SMILES string of the molecule is Cc1cccc(NC(=O)c2ccc(CSc3nc(N)cc(N)n3)cc2)c1. The summed E-state index contributed by atoms with van der Waals surface area (Å²) in [6, 6.07) is 16.6. The number of nitrogen functional groups attached to an aromatic ring is 2. The fraction of sp³-hybridized carbons (Fsp3) is 0.105. The van der Waals surface area contributed by atoms with Crippen molar-refractivity contribution in [2.75, 3.05) is 16.8 Å². The van der Waals surface area contributed by atoms with E-state index in [2.05, 4.69) is 15.3 Å². The van der Waals surface area contributed by atoms with Crippen LogP contribution >= 0.6 is 11.8 Å². The Bertz CT molecular complexity index is 907. The van der Waals surface area contributed by atoms with Crippen LogP contribution in [0.1, 0.15) is 21.5 Å². The zero-order chi connectivity index (χ0) is 18.5. The average Bonchev–Trinajstić information content (AvgIpc) is 2.59. The first kappa shape index (κ1) is 17.8. The van der Waals surface area contributed by atoms with Crippen LogP contribution in [0, 0.1) is 6.92 Å². The Kier molecular flexibility index (Phi) is 5.38. The molecule has 0 unspecified atom stereocenters. The molecule has 1 heterocycles. The molecule has 3 aromatic rings. The smallest absolute Gasteiger partial charge is 0.255 e. The summed E-state index contributed by atoms with van der Waals surface area (Å²) < 4.78 is 0. The van der Waals surface area contributed by atoms with Crippen LogP contribution < -0.4 is 16.8 Å². The number of aryl methyl sites for hydroxylation is 1. The average molecular weight is 365 g/mol. The van der Waals surface area contributed by atoms with Gasteiger partial charge in [0.1, 0.15) is 11.6 Å². The van der Waals surface area contributed by atoms with E-state index in [1.54, 1.807) is 12.1 Å². The van der Waals surface area contributed by atoms with Gasteiger partial charge in [-0.15, -0.1) is 0 Å². The molecule has 1 amide bonds. The number of anilines is 3. The van der Waals surface area contributed by atoms with E-state index in [4.69, 9.17) is 11.5 Å². The lowest BCUT2D eigenvalue weighted by Crippen LogP contribution is -2.11. The van der Waals surface area contributed by atoms with Crippen molar-refractivity contribution in [1.29, 1.82) is 0 Å². The Hall–Kier alpha value is -3.06. The van der Waals surface area contributed by atoms with E-state index >= 15 is 0 Å². The molecule has 0 bridgehead atoms. The van der Waals surface area contributed by atoms with Gasteiger partial charge < -0.3 is 16.8 Å². The third-order valence-electron chi connectivity index (χ3n) is 3.61. The molecule has 0 atom stereocenters. The number of amides is 1. The second kappa shape index (κ2) is 7.88. The summed E-state index contributed by atoms with van der Waals surface area (Å²) in [5.74, 6) is 1.22. The Morgan fingerprint density at radius 3 is 2.38 bits per heavy atom. The standard InChI is InChI=1S/C19H19N5OS/c1-12-3-2-4-15(9-12)22-18(25)14-7-5-13(6-8-14)11-26-19-23-16(20)10-17(21)24-19/h2-10H,11H2,1H3,(H,22,25)(H4,20,21,23,24). The van der Waals surface area contributed by atoms with Crippen LogP contribution in [0.3, 0.4) is 0 Å². The Morgan fingerprint density at radius 1 is 1.04 bits per heavy atom. The molecule has 7 heteroatoms. The third-order valence-corrected chi connectivity index (χ3v) is 4.52. The van der Waals surface area contributed by atoms with E-state index in [1.165, 1.54) is 17.8 Å². The number of benzene rings is 2. The van der Waals surface area contributed by atoms with Gasteiger partial charge in [0.15, 0.2) is 5.16 Å². The number of hydrogen-bond donors (Lipinski definition) is 3. The fourth-order valence-corrected chi connectivity index (χ4v) is 3.18. The van der Waals surface area contributed by atoms with Crippen LogP contribution in [0.2, 0.25) is 0 Å². The van der Waals surface area contributed by atoms with Crippen LogP contribution in [0.4, 0.5) is 17.3 Å². The molecular weight excluding hydrogens is 346 g/mol. The maximum absolute atomic E-state index is 12.3. The third kappa shape index (κ3) is 4.73. The highest BCUT2D eigenvalue weighted by Crippen LogP contribution is 2.21. The summed E-state index contributed by atoms with van der Waals surface area (Å²) in [4.78, 5) is 20.6. The van der Waals surface area contributed by atoms with Crippen molar-refractivity contribution in [2.24, 2.45) is 0 Å². The lowest BCUT2D eigenvalue weighted by atomic mass is 10.1. The fourth-order valence-electron chi connectivity index (χ4n) is 2.35. The molecule has 6 nitrogen and oxygen atoms in total. The van der Waals surface area contributed by atoms with Crippen LogP contribution in [-0.4, -0.2) is 15.9 Å². The molecule has 0 aliphatic rings. The number of rotatable bonds is 5. The maximum Gasteiger partial charge on any atom is 0.255 e. The summed E-state index contributed by atoms with van der Waals surface area (Å²) in [5, 5.41) is 3.43. The minimum atomic E-state index is -0.137. The van der Waals surface area contributed by atoms with Gasteiger partial charge >= 0.3 is 0 Å². The predicted molar refractivity (Wildman–Crippen MR) is 106 cm³/mol. The molecular formula is C19H19N5OS. The highest BCUT2D eigenvalue weighted by Gasteiger charge is 2.07. The van der Waals surface area contributed by atoms with E-state index in [0.717, 1.165) is 16.8 Å². The largest absolute Gasteiger partial charge is 0.383 e. The van der Waals surface area contributed by atoms with E-state index in [-0.39, 0.29) is 5.91 Å². The van der Waals surface area contributed by atoms with E-state index < -0.39 is 0 Å². The summed E-state index contributed by atoms with van der Waals surface area (Å²) in [7, 11) is 0. The molecule has 0 aliphatic heterocycles. The van der Waals surface area contributed by atoms with Crippen molar-refractivity contribution < 1.29 is 4.79 Å². The number of thioether (sulfide) groups is 1. The summed E-state index contributed by atoms with van der Waals surface area (Å²) >= 11 is 1.44. The molecule has 1 aromatic heterocycles. The number of carbonyl (C=O) groups excluding carboxylic acids is 1. The normalized spacial score (nSPS) is 10.5. The van der Waals surface area contributed by atoms with Crippen molar-refractivity contribution in [1.82, 2.24) is 9.97 Å². The number of nitrogens with two attached hydrogens (primary N) is 2. The maximum atomic E-state index is 12.3. The lowest BCUT2D eigenvalue weighted by Gasteiger charge is -2.07. The van der Waals surface area contributed by atoms with Crippen LogP contribution in [0.5, 0.6) is 0 Å². The molecule has 0 aliphatic carbocycles. The molecule has 0 saturated heterocycles. The van der Waals surface area contributed by atoms with E-state index in [0.29, 0.717) is 28.1 Å². The number of aromatic nitrogens is 2. The lowest BCUT2D eigenvalue weighted by molar-refractivity contribution is 0.102. The number of nitrogens with one attached hydrogen (secondary N) is 1. The molecule has 3 rings (SSSR count). The molecule has 132 valence electrons. The molecule has 0 saturated carbocycles. The molecule has 0 fully saturated rings. The van der Waals surface area contributed by atoms with Gasteiger partial charge in [0.05, 0.1) is 0 Å². The number of nitrogens with zero attached hydrogens (tertiary/aromatic N) is 2. The van der Waals surface area contributed by atoms with Gasteiger partial charge in [-0.2, -0.15) is 0 Å². The van der Waals surface area contributed by atoms with Crippen molar-refractivity contribution in [2.45, 2.75) is 17.8 Å². The van der Waals surface area contributed by atoms with Crippen molar-refractivity contribution >= 4 is 35.0 Å². The van der Waals surface area contributed by atoms with Gasteiger partial charge in [-0.05, 0) is 42.3 Å². The Balaban J connectivity index is 1.61. The van der Waals surface area contributed by atoms with Crippen molar-refractivity contribution in [3.05, 3.63) is 71.3 Å². The summed E-state index contributed by atoms with van der Waals surface area (Å²) in [5.41, 5.74) is 14.9. The molecule has 2 aromatic carbocycles. The first-order chi connectivity index (χ1) is 12.5. The molecule has 0 radical (unpaired) electrons. The number of carbonyl (C=O) groups is 1. The van der Waals surface area contributed by atoms with Gasteiger partial charge in [-0.1, -0.05) is 36.0 Å². The van der Waals surface area contributed by atoms with Gasteiger partial charge in [0, 0.05) is 23.1 Å². The van der Waals surface area contributed by atoms with Crippen molar-refractivity contribution in [3.63, 3.8) is 0 Å². The van der Waals surface area contributed by atoms with Gasteiger partial charge in [-0.3, -0.25) is 4.79 Å². The Morgan fingerprint density at radius 2 is 1.73 bits per heavy atom. The highest BCUT2D eigenvalue weighted by molar-refractivity contribution is 7.98. The first-order valence-electron chi connectivity index (χ1n) is 7.99. The quantitative estimate of drug-likeness (QED) is 0.472. The second-order valence-corrected chi connectivity index (χ2v) is 6.75. The van der Waals surface area contributed by atoms with E-state index in [9.17, 15) is 4.79 Å². The number of hydrogen-bond acceptors (Lipinski definition) is 6. The second-order valence-electron chi connectivity index (χ2n) is 5.81. The van der Waals surface area contributed by atoms with Crippen LogP contribution in [-0.2, 0) is 5.75 Å². The highest BCUT2D eigenvalue weighted by atomic mass is 32.2. The molecule has 26 heavy (non-hydrogen) atoms. The summed E-state index contributed by atoms with van der Waals surface area (Å²) in [6.07, 6.45) is 0. The zero-order valence-corrected chi connectivity index (χ0v) is 15.1. The predicted octanol–water partition coefficient (Wildman–Crippen LogP) is 3.49. The molecule has 0 spiro atoms. The minimum absolute atomic E-state index is 0.137. The zero-order valence-electron chi connectivity index (χ0n) is 14.3. The molecule has 5 N–H and O–H groups in total.